The van der Waals surface area contributed by atoms with Crippen LogP contribution in [0.5, 0.6) is 0 Å². The van der Waals surface area contributed by atoms with Crippen molar-refractivity contribution in [2.45, 2.75) is 18.6 Å². The van der Waals surface area contributed by atoms with Crippen molar-refractivity contribution < 1.29 is 24.2 Å². The summed E-state index contributed by atoms with van der Waals surface area (Å²) >= 11 is 0. The van der Waals surface area contributed by atoms with Crippen molar-refractivity contribution in [1.82, 2.24) is 0 Å². The number of carbonyl (C=O) groups is 2. The molecule has 0 bridgehead atoms. The molecule has 0 spiro atoms. The summed E-state index contributed by atoms with van der Waals surface area (Å²) in [7, 11) is 1.20. The van der Waals surface area contributed by atoms with Gasteiger partial charge in [0.2, 0.25) is 6.10 Å². The van der Waals surface area contributed by atoms with Crippen LogP contribution < -0.4 is 0 Å². The number of carbonyl (C=O) groups excluding carboxylic acids is 2. The molecule has 0 aromatic rings. The van der Waals surface area contributed by atoms with Crippen LogP contribution in [0.15, 0.2) is 0 Å². The van der Waals surface area contributed by atoms with Gasteiger partial charge in [-0.25, -0.2) is 9.59 Å². The number of rotatable bonds is 1. The smallest absolute Gasteiger partial charge is 0.347 e. The average molecular weight is 160 g/mol. The van der Waals surface area contributed by atoms with Gasteiger partial charge in [0.1, 0.15) is 0 Å². The van der Waals surface area contributed by atoms with Crippen LogP contribution in [0.25, 0.3) is 0 Å². The van der Waals surface area contributed by atoms with E-state index in [4.69, 9.17) is 5.11 Å². The highest BCUT2D eigenvalue weighted by atomic mass is 16.6. The fourth-order valence-electron chi connectivity index (χ4n) is 0.842. The van der Waals surface area contributed by atoms with Crippen LogP contribution in [0, 0.1) is 0 Å². The Kier molecular flexibility index (Phi) is 2.09. The summed E-state index contributed by atoms with van der Waals surface area (Å²) in [6.07, 6.45) is -2.12. The number of aliphatic hydroxyl groups is 1. The maximum Gasteiger partial charge on any atom is 0.347 e. The maximum atomic E-state index is 10.7. The second-order valence-electron chi connectivity index (χ2n) is 2.20. The van der Waals surface area contributed by atoms with Gasteiger partial charge >= 0.3 is 11.9 Å². The third-order valence-corrected chi connectivity index (χ3v) is 1.43. The predicted molar refractivity (Wildman–Crippen MR) is 32.5 cm³/mol. The number of cyclic esters (lactones) is 1. The summed E-state index contributed by atoms with van der Waals surface area (Å²) < 4.78 is 8.77. The van der Waals surface area contributed by atoms with E-state index in [9.17, 15) is 9.59 Å². The Morgan fingerprint density at radius 2 is 2.45 bits per heavy atom. The van der Waals surface area contributed by atoms with Gasteiger partial charge in [-0.05, 0) is 0 Å². The molecular weight excluding hydrogens is 152 g/mol. The molecule has 1 aliphatic heterocycles. The van der Waals surface area contributed by atoms with Crippen LogP contribution in [0.2, 0.25) is 0 Å². The highest BCUT2D eigenvalue weighted by molar-refractivity contribution is 5.85. The summed E-state index contributed by atoms with van der Waals surface area (Å²) in [4.78, 5) is 21.2. The van der Waals surface area contributed by atoms with E-state index in [1.165, 1.54) is 7.11 Å². The highest BCUT2D eigenvalue weighted by Gasteiger charge is 2.37. The van der Waals surface area contributed by atoms with Crippen molar-refractivity contribution in [3.05, 3.63) is 0 Å². The minimum absolute atomic E-state index is 0.00843. The lowest BCUT2D eigenvalue weighted by molar-refractivity contribution is -0.160. The van der Waals surface area contributed by atoms with Crippen LogP contribution in [-0.4, -0.2) is 36.4 Å². The molecule has 1 fully saturated rings. The van der Waals surface area contributed by atoms with E-state index in [0.717, 1.165) is 0 Å². The molecule has 0 aromatic heterocycles. The zero-order chi connectivity index (χ0) is 8.43. The zero-order valence-electron chi connectivity index (χ0n) is 5.94. The van der Waals surface area contributed by atoms with Gasteiger partial charge in [-0.1, -0.05) is 0 Å². The predicted octanol–water partition coefficient (Wildman–Crippen LogP) is -1.16. The standard InChI is InChI=1S/C6H8O5/c1-10-6(9)4-2-3(7)5(8)11-4/h3-4,7H,2H2,1H3/t3-,4-/m1/s1. The van der Waals surface area contributed by atoms with Gasteiger partial charge in [-0.2, -0.15) is 0 Å². The number of methoxy groups -OCH3 is 1. The lowest BCUT2D eigenvalue weighted by atomic mass is 10.2. The van der Waals surface area contributed by atoms with Crippen molar-refractivity contribution in [2.24, 2.45) is 0 Å². The van der Waals surface area contributed by atoms with E-state index in [0.29, 0.717) is 0 Å². The second-order valence-corrected chi connectivity index (χ2v) is 2.20. The number of hydrogen-bond acceptors (Lipinski definition) is 5. The molecule has 0 radical (unpaired) electrons. The zero-order valence-corrected chi connectivity index (χ0v) is 5.94. The summed E-state index contributed by atoms with van der Waals surface area (Å²) in [5.74, 6) is -1.39. The summed E-state index contributed by atoms with van der Waals surface area (Å²) in [5.41, 5.74) is 0. The molecule has 1 aliphatic rings. The quantitative estimate of drug-likeness (QED) is 0.489. The molecule has 1 saturated heterocycles. The van der Waals surface area contributed by atoms with Crippen LogP contribution >= 0.6 is 0 Å². The normalized spacial score (nSPS) is 29.8. The van der Waals surface area contributed by atoms with Crippen molar-refractivity contribution in [3.8, 4) is 0 Å². The average Bonchev–Trinajstić information content (AvgIpc) is 2.31. The molecule has 1 rings (SSSR count). The summed E-state index contributed by atoms with van der Waals surface area (Å²) in [6, 6.07) is 0. The van der Waals surface area contributed by atoms with Gasteiger partial charge in [0.05, 0.1) is 7.11 Å². The van der Waals surface area contributed by atoms with Crippen LogP contribution in [0.3, 0.4) is 0 Å². The molecule has 0 unspecified atom stereocenters. The van der Waals surface area contributed by atoms with E-state index < -0.39 is 24.1 Å². The van der Waals surface area contributed by atoms with E-state index >= 15 is 0 Å². The van der Waals surface area contributed by atoms with E-state index in [1.54, 1.807) is 0 Å². The number of aliphatic hydroxyl groups excluding tert-OH is 1. The first-order valence-electron chi connectivity index (χ1n) is 3.11. The Labute approximate surface area is 62.9 Å². The second kappa shape index (κ2) is 2.87. The lowest BCUT2D eigenvalue weighted by Crippen LogP contribution is -2.21. The van der Waals surface area contributed by atoms with Crippen LogP contribution in [0.4, 0.5) is 0 Å². The van der Waals surface area contributed by atoms with Crippen LogP contribution in [0.1, 0.15) is 6.42 Å². The molecule has 0 saturated carbocycles. The first-order chi connectivity index (χ1) is 5.15. The molecule has 1 N–H and O–H groups in total. The summed E-state index contributed by atoms with van der Waals surface area (Å²) in [5, 5.41) is 8.83. The molecule has 0 amide bonds. The maximum absolute atomic E-state index is 10.7. The SMILES string of the molecule is COC(=O)[C@H]1C[C@@H](O)C(=O)O1. The Bertz CT molecular complexity index is 187. The van der Waals surface area contributed by atoms with Gasteiger partial charge in [-0.3, -0.25) is 0 Å². The third-order valence-electron chi connectivity index (χ3n) is 1.43. The molecule has 62 valence electrons. The number of ether oxygens (including phenoxy) is 2. The minimum Gasteiger partial charge on any atom is -0.466 e. The van der Waals surface area contributed by atoms with Crippen molar-refractivity contribution in [3.63, 3.8) is 0 Å². The topological polar surface area (TPSA) is 72.8 Å². The molecule has 0 aromatic carbocycles. The first kappa shape index (κ1) is 8.00. The van der Waals surface area contributed by atoms with Gasteiger partial charge in [-0.15, -0.1) is 0 Å². The largest absolute Gasteiger partial charge is 0.466 e. The lowest BCUT2D eigenvalue weighted by Gasteiger charge is -2.03. The molecule has 5 nitrogen and oxygen atoms in total. The van der Waals surface area contributed by atoms with E-state index in [-0.39, 0.29) is 6.42 Å². The van der Waals surface area contributed by atoms with Gasteiger partial charge in [0, 0.05) is 6.42 Å². The third kappa shape index (κ3) is 1.48. The Morgan fingerprint density at radius 1 is 1.82 bits per heavy atom. The van der Waals surface area contributed by atoms with Crippen molar-refractivity contribution in [1.29, 1.82) is 0 Å². The molecule has 5 heteroatoms. The molecule has 0 aliphatic carbocycles. The Balaban J connectivity index is 2.53. The molecule has 2 atom stereocenters. The number of hydrogen-bond donors (Lipinski definition) is 1. The summed E-state index contributed by atoms with van der Waals surface area (Å²) in [6.45, 7) is 0. The molecular formula is C6H8O5. The first-order valence-corrected chi connectivity index (χ1v) is 3.11. The van der Waals surface area contributed by atoms with Gasteiger partial charge in [0.25, 0.3) is 0 Å². The Hall–Kier alpha value is -1.10. The van der Waals surface area contributed by atoms with Crippen LogP contribution in [-0.2, 0) is 19.1 Å². The highest BCUT2D eigenvalue weighted by Crippen LogP contribution is 2.15. The molecule has 1 heterocycles. The molecule has 11 heavy (non-hydrogen) atoms. The fourth-order valence-corrected chi connectivity index (χ4v) is 0.842. The van der Waals surface area contributed by atoms with Crippen molar-refractivity contribution in [2.75, 3.05) is 7.11 Å². The van der Waals surface area contributed by atoms with Gasteiger partial charge < -0.3 is 14.6 Å². The Morgan fingerprint density at radius 3 is 2.82 bits per heavy atom. The monoisotopic (exact) mass is 160 g/mol. The minimum atomic E-state index is -1.18. The van der Waals surface area contributed by atoms with E-state index in [2.05, 4.69) is 9.47 Å². The fraction of sp³-hybridized carbons (Fsp3) is 0.667. The van der Waals surface area contributed by atoms with Crippen molar-refractivity contribution >= 4 is 11.9 Å². The number of esters is 2. The van der Waals surface area contributed by atoms with E-state index in [1.807, 2.05) is 0 Å². The van der Waals surface area contributed by atoms with Gasteiger partial charge in [0.15, 0.2) is 6.10 Å².